The van der Waals surface area contributed by atoms with E-state index in [1.807, 2.05) is 30.3 Å². The third kappa shape index (κ3) is 2.60. The van der Waals surface area contributed by atoms with Crippen molar-refractivity contribution in [1.29, 1.82) is 0 Å². The maximum absolute atomic E-state index is 12.9. The number of hydrogen-bond acceptors (Lipinski definition) is 4. The molecule has 0 spiro atoms. The summed E-state index contributed by atoms with van der Waals surface area (Å²) in [5.74, 6) is 1.13. The molecule has 7 heteroatoms. The van der Waals surface area contributed by atoms with Crippen LogP contribution in [0.2, 0.25) is 0 Å². The van der Waals surface area contributed by atoms with Gasteiger partial charge >= 0.3 is 5.69 Å². The minimum absolute atomic E-state index is 0.0529. The number of para-hydroxylation sites is 1. The van der Waals surface area contributed by atoms with E-state index in [0.717, 1.165) is 10.9 Å². The van der Waals surface area contributed by atoms with Crippen LogP contribution in [0.15, 0.2) is 41.2 Å². The van der Waals surface area contributed by atoms with Crippen molar-refractivity contribution in [1.82, 2.24) is 24.2 Å². The Kier molecular flexibility index (Phi) is 3.41. The van der Waals surface area contributed by atoms with Gasteiger partial charge in [0.1, 0.15) is 5.69 Å². The fourth-order valence-electron chi connectivity index (χ4n) is 3.48. The first-order chi connectivity index (χ1) is 12.7. The van der Waals surface area contributed by atoms with E-state index in [-0.39, 0.29) is 11.6 Å². The first-order valence-electron chi connectivity index (χ1n) is 9.00. The van der Waals surface area contributed by atoms with Gasteiger partial charge in [-0.25, -0.2) is 14.5 Å². The number of carbonyl (C=O) groups excluding carboxylic acids is 1. The zero-order chi connectivity index (χ0) is 17.7. The molecule has 3 heterocycles. The van der Waals surface area contributed by atoms with Crippen LogP contribution in [0.4, 0.5) is 0 Å². The van der Waals surface area contributed by atoms with Gasteiger partial charge in [0, 0.05) is 25.0 Å². The normalized spacial score (nSPS) is 16.7. The Bertz CT molecular complexity index is 1060. The van der Waals surface area contributed by atoms with E-state index in [9.17, 15) is 9.59 Å². The molecule has 1 fully saturated rings. The molecule has 1 amide bonds. The molecule has 0 atom stereocenters. The maximum atomic E-state index is 12.9. The largest absolute Gasteiger partial charge is 0.346 e. The van der Waals surface area contributed by atoms with Crippen molar-refractivity contribution in [3.63, 3.8) is 0 Å². The third-order valence-corrected chi connectivity index (χ3v) is 5.16. The highest BCUT2D eigenvalue weighted by Gasteiger charge is 2.29. The van der Waals surface area contributed by atoms with Crippen LogP contribution in [-0.2, 0) is 19.6 Å². The van der Waals surface area contributed by atoms with Crippen LogP contribution in [0, 0.1) is 5.92 Å². The van der Waals surface area contributed by atoms with E-state index in [1.165, 1.54) is 12.8 Å². The molecule has 5 rings (SSSR count). The summed E-state index contributed by atoms with van der Waals surface area (Å²) in [5.41, 5.74) is 1.18. The Morgan fingerprint density at radius 1 is 1.12 bits per heavy atom. The summed E-state index contributed by atoms with van der Waals surface area (Å²) in [6, 6.07) is 11.4. The second kappa shape index (κ2) is 5.79. The van der Waals surface area contributed by atoms with Crippen molar-refractivity contribution < 1.29 is 4.79 Å². The minimum atomic E-state index is -0.119. The van der Waals surface area contributed by atoms with Crippen LogP contribution < -0.4 is 5.69 Å². The summed E-state index contributed by atoms with van der Waals surface area (Å²) in [4.78, 5) is 31.5. The smallest absolute Gasteiger partial charge is 0.328 e. The summed E-state index contributed by atoms with van der Waals surface area (Å²) in [6.45, 7) is 2.02. The zero-order valence-electron chi connectivity index (χ0n) is 14.3. The van der Waals surface area contributed by atoms with Gasteiger partial charge in [-0.3, -0.25) is 9.36 Å². The molecule has 7 nitrogen and oxygen atoms in total. The lowest BCUT2D eigenvalue weighted by Gasteiger charge is -2.26. The number of nitrogens with zero attached hydrogens (tertiary/aromatic N) is 5. The molecule has 0 saturated heterocycles. The second-order valence-corrected chi connectivity index (χ2v) is 7.09. The summed E-state index contributed by atoms with van der Waals surface area (Å²) < 4.78 is 3.26. The Morgan fingerprint density at radius 3 is 2.81 bits per heavy atom. The van der Waals surface area contributed by atoms with Crippen LogP contribution >= 0.6 is 0 Å². The monoisotopic (exact) mass is 349 g/mol. The van der Waals surface area contributed by atoms with Crippen molar-refractivity contribution in [2.75, 3.05) is 6.54 Å². The van der Waals surface area contributed by atoms with Crippen molar-refractivity contribution in [3.05, 3.63) is 58.4 Å². The fraction of sp³-hybridized carbons (Fsp3) is 0.368. The van der Waals surface area contributed by atoms with E-state index in [1.54, 1.807) is 20.2 Å². The number of aromatic nitrogens is 4. The first kappa shape index (κ1) is 15.3. The number of rotatable bonds is 3. The van der Waals surface area contributed by atoms with E-state index in [0.29, 0.717) is 43.6 Å². The highest BCUT2D eigenvalue weighted by Crippen LogP contribution is 2.30. The molecule has 1 aliphatic heterocycles. The number of pyridine rings is 1. The lowest BCUT2D eigenvalue weighted by Crippen LogP contribution is -2.41. The molecule has 0 radical (unpaired) electrons. The molecule has 1 aromatic carbocycles. The third-order valence-electron chi connectivity index (χ3n) is 5.16. The second-order valence-electron chi connectivity index (χ2n) is 7.09. The van der Waals surface area contributed by atoms with Gasteiger partial charge in [-0.15, -0.1) is 0 Å². The van der Waals surface area contributed by atoms with Gasteiger partial charge in [0.15, 0.2) is 5.82 Å². The SMILES string of the molecule is O=C(c1ccc2ccccc2n1)N1CCn2c(nn(CC3CC3)c2=O)C1. The molecule has 132 valence electrons. The number of hydrogen-bond donors (Lipinski definition) is 0. The molecule has 1 saturated carbocycles. The van der Waals surface area contributed by atoms with E-state index < -0.39 is 0 Å². The maximum Gasteiger partial charge on any atom is 0.346 e. The Hall–Kier alpha value is -2.96. The molecule has 2 aromatic heterocycles. The predicted molar refractivity (Wildman–Crippen MR) is 95.7 cm³/mol. The number of fused-ring (bicyclic) bond motifs is 2. The van der Waals surface area contributed by atoms with E-state index in [4.69, 9.17) is 0 Å². The van der Waals surface area contributed by atoms with Gasteiger partial charge < -0.3 is 4.90 Å². The molecular weight excluding hydrogens is 330 g/mol. The summed E-state index contributed by atoms with van der Waals surface area (Å²) in [5, 5.41) is 5.47. The topological polar surface area (TPSA) is 73.0 Å². The number of amides is 1. The van der Waals surface area contributed by atoms with Gasteiger partial charge in [0.25, 0.3) is 5.91 Å². The predicted octanol–water partition coefficient (Wildman–Crippen LogP) is 1.66. The van der Waals surface area contributed by atoms with Crippen LogP contribution in [0.5, 0.6) is 0 Å². The Morgan fingerprint density at radius 2 is 1.96 bits per heavy atom. The van der Waals surface area contributed by atoms with E-state index >= 15 is 0 Å². The highest BCUT2D eigenvalue weighted by molar-refractivity contribution is 5.94. The molecule has 0 N–H and O–H groups in total. The Balaban J connectivity index is 1.40. The molecular formula is C19H19N5O2. The van der Waals surface area contributed by atoms with Gasteiger partial charge in [0.2, 0.25) is 0 Å². The molecule has 0 bridgehead atoms. The first-order valence-corrected chi connectivity index (χ1v) is 9.00. The lowest BCUT2D eigenvalue weighted by molar-refractivity contribution is 0.0701. The standard InChI is InChI=1S/C19H19N5O2/c25-18(16-8-7-14-3-1-2-4-15(14)20-16)22-9-10-23-17(12-22)21-24(19(23)26)11-13-5-6-13/h1-4,7-8,13H,5-6,9-12H2. The van der Waals surface area contributed by atoms with Crippen LogP contribution in [0.25, 0.3) is 10.9 Å². The van der Waals surface area contributed by atoms with Gasteiger partial charge in [-0.05, 0) is 30.9 Å². The van der Waals surface area contributed by atoms with Crippen LogP contribution in [-0.4, -0.2) is 36.7 Å². The number of carbonyl (C=O) groups is 1. The van der Waals surface area contributed by atoms with Crippen molar-refractivity contribution >= 4 is 16.8 Å². The summed E-state index contributed by atoms with van der Waals surface area (Å²) in [7, 11) is 0. The average Bonchev–Trinajstić information content (AvgIpc) is 3.44. The highest BCUT2D eigenvalue weighted by atomic mass is 16.2. The molecule has 0 unspecified atom stereocenters. The van der Waals surface area contributed by atoms with E-state index in [2.05, 4.69) is 10.1 Å². The zero-order valence-corrected chi connectivity index (χ0v) is 14.3. The molecule has 3 aromatic rings. The van der Waals surface area contributed by atoms with Crippen molar-refractivity contribution in [2.24, 2.45) is 5.92 Å². The summed E-state index contributed by atoms with van der Waals surface area (Å²) in [6.07, 6.45) is 2.35. The fourth-order valence-corrected chi connectivity index (χ4v) is 3.48. The van der Waals surface area contributed by atoms with Gasteiger partial charge in [-0.2, -0.15) is 5.10 Å². The quantitative estimate of drug-likeness (QED) is 0.721. The van der Waals surface area contributed by atoms with Gasteiger partial charge in [-0.1, -0.05) is 24.3 Å². The van der Waals surface area contributed by atoms with Crippen molar-refractivity contribution in [3.8, 4) is 0 Å². The van der Waals surface area contributed by atoms with Crippen LogP contribution in [0.3, 0.4) is 0 Å². The average molecular weight is 349 g/mol. The van der Waals surface area contributed by atoms with Crippen LogP contribution in [0.1, 0.15) is 29.2 Å². The van der Waals surface area contributed by atoms with Crippen molar-refractivity contribution in [2.45, 2.75) is 32.5 Å². The van der Waals surface area contributed by atoms with Gasteiger partial charge in [0.05, 0.1) is 12.1 Å². The molecule has 1 aliphatic carbocycles. The number of benzene rings is 1. The molecule has 26 heavy (non-hydrogen) atoms. The summed E-state index contributed by atoms with van der Waals surface area (Å²) >= 11 is 0. The molecule has 2 aliphatic rings. The minimum Gasteiger partial charge on any atom is -0.328 e. The Labute approximate surface area is 149 Å². The lowest BCUT2D eigenvalue weighted by atomic mass is 10.2.